The fraction of sp³-hybridized carbons (Fsp3) is 0.414. The van der Waals surface area contributed by atoms with E-state index in [0.29, 0.717) is 17.7 Å². The molecule has 3 rings (SSSR count). The quantitative estimate of drug-likeness (QED) is 0.407. The second-order valence-corrected chi connectivity index (χ2v) is 9.59. The minimum absolute atomic E-state index is 0.0256. The smallest absolute Gasteiger partial charge is 0.275 e. The minimum atomic E-state index is -0.990. The number of pyridine rings is 1. The van der Waals surface area contributed by atoms with Gasteiger partial charge in [-0.1, -0.05) is 44.2 Å². The van der Waals surface area contributed by atoms with Crippen LogP contribution in [0.25, 0.3) is 5.70 Å². The molecule has 1 aromatic carbocycles. The van der Waals surface area contributed by atoms with Crippen molar-refractivity contribution in [1.82, 2.24) is 14.8 Å². The highest BCUT2D eigenvalue weighted by Gasteiger charge is 2.33. The van der Waals surface area contributed by atoms with E-state index in [9.17, 15) is 29.0 Å². The Labute approximate surface area is 222 Å². The highest BCUT2D eigenvalue weighted by atomic mass is 19.1. The molecule has 1 atom stereocenters. The molecule has 0 fully saturated rings. The number of aliphatic hydroxyl groups excluding tert-OH is 1. The van der Waals surface area contributed by atoms with Gasteiger partial charge in [-0.05, 0) is 50.2 Å². The van der Waals surface area contributed by atoms with Gasteiger partial charge in [-0.15, -0.1) is 0 Å². The van der Waals surface area contributed by atoms with E-state index in [1.807, 2.05) is 19.9 Å². The van der Waals surface area contributed by atoms with Crippen LogP contribution in [0.3, 0.4) is 0 Å². The fourth-order valence-corrected chi connectivity index (χ4v) is 4.53. The Hall–Kier alpha value is -3.72. The minimum Gasteiger partial charge on any atom is -0.503 e. The number of hydrogen-bond acceptors (Lipinski definition) is 5. The molecule has 8 nitrogen and oxygen atoms in total. The van der Waals surface area contributed by atoms with E-state index in [2.05, 4.69) is 11.9 Å². The lowest BCUT2D eigenvalue weighted by Crippen LogP contribution is -2.43. The summed E-state index contributed by atoms with van der Waals surface area (Å²) in [6.45, 7) is 11.7. The summed E-state index contributed by atoms with van der Waals surface area (Å²) >= 11 is 0. The van der Waals surface area contributed by atoms with Crippen molar-refractivity contribution < 1.29 is 24.2 Å². The summed E-state index contributed by atoms with van der Waals surface area (Å²) in [6.07, 6.45) is 5.03. The summed E-state index contributed by atoms with van der Waals surface area (Å²) in [7, 11) is 0. The average molecular weight is 526 g/mol. The lowest BCUT2D eigenvalue weighted by atomic mass is 9.94. The van der Waals surface area contributed by atoms with Gasteiger partial charge in [0.25, 0.3) is 11.8 Å². The molecule has 0 spiro atoms. The predicted molar refractivity (Wildman–Crippen MR) is 145 cm³/mol. The van der Waals surface area contributed by atoms with Gasteiger partial charge in [0.1, 0.15) is 11.4 Å². The van der Waals surface area contributed by atoms with Crippen molar-refractivity contribution >= 4 is 17.5 Å². The normalized spacial score (nSPS) is 14.9. The van der Waals surface area contributed by atoms with Crippen molar-refractivity contribution in [1.29, 1.82) is 0 Å². The van der Waals surface area contributed by atoms with Crippen LogP contribution in [-0.2, 0) is 6.54 Å². The van der Waals surface area contributed by atoms with Crippen LogP contribution in [0.4, 0.5) is 4.39 Å². The number of aromatic nitrogens is 1. The van der Waals surface area contributed by atoms with Gasteiger partial charge < -0.3 is 25.0 Å². The number of aryl methyl sites for hydroxylation is 1. The Kier molecular flexibility index (Phi) is 9.27. The van der Waals surface area contributed by atoms with Crippen LogP contribution in [0.15, 0.2) is 41.4 Å². The van der Waals surface area contributed by atoms with Crippen molar-refractivity contribution in [2.45, 2.75) is 53.5 Å². The molecule has 3 N–H and O–H groups in total. The summed E-state index contributed by atoms with van der Waals surface area (Å²) in [5, 5.41) is 22.7. The number of nitrogens with zero attached hydrogens (tertiary/aromatic N) is 2. The highest BCUT2D eigenvalue weighted by Crippen LogP contribution is 2.29. The lowest BCUT2D eigenvalue weighted by Gasteiger charge is -2.33. The van der Waals surface area contributed by atoms with Crippen LogP contribution < -0.4 is 10.7 Å². The van der Waals surface area contributed by atoms with Crippen LogP contribution in [-0.4, -0.2) is 51.2 Å². The first-order valence-corrected chi connectivity index (χ1v) is 12.9. The number of benzene rings is 1. The molecule has 38 heavy (non-hydrogen) atoms. The number of carbonyl (C=O) groups is 2. The number of carbonyl (C=O) groups excluding carboxylic acids is 2. The molecule has 204 valence electrons. The molecule has 1 aromatic heterocycles. The molecule has 2 aromatic rings. The number of amides is 2. The highest BCUT2D eigenvalue weighted by molar-refractivity contribution is 6.01. The molecular weight excluding hydrogens is 489 g/mol. The topological polar surface area (TPSA) is 112 Å². The number of aliphatic hydroxyl groups is 1. The van der Waals surface area contributed by atoms with Crippen molar-refractivity contribution in [3.63, 3.8) is 0 Å². The van der Waals surface area contributed by atoms with Gasteiger partial charge in [0, 0.05) is 37.2 Å². The van der Waals surface area contributed by atoms with Gasteiger partial charge in [0.2, 0.25) is 5.43 Å². The lowest BCUT2D eigenvalue weighted by molar-refractivity contribution is 0.0735. The number of hydrogen-bond donors (Lipinski definition) is 3. The average Bonchev–Trinajstić information content (AvgIpc) is 2.91. The van der Waals surface area contributed by atoms with E-state index in [0.717, 1.165) is 24.0 Å². The molecule has 1 aliphatic heterocycles. The molecule has 2 amide bonds. The Balaban J connectivity index is 2.06. The number of aromatic hydroxyl groups is 1. The van der Waals surface area contributed by atoms with Crippen molar-refractivity contribution in [3.8, 4) is 5.75 Å². The van der Waals surface area contributed by atoms with Gasteiger partial charge in [-0.25, -0.2) is 4.39 Å². The standard InChI is InChI=1S/C29H36FN3O5/c1-6-17(3)20(7-2)13-22-15-32(11-8-12-34)29(38)25-27(36)26(35)23(16-33(22)25)28(37)31-14-21-10-9-18(4)19(5)24(21)30/h9-10,13,16,20,34,36H,3,6-8,11-12,14-15H2,1-2,4-5H3,(H,31,37)/b22-13+/t20-/m0/s1. The Morgan fingerprint density at radius 1 is 1.26 bits per heavy atom. The monoisotopic (exact) mass is 525 g/mol. The molecule has 0 saturated carbocycles. The van der Waals surface area contributed by atoms with Gasteiger partial charge in [0.15, 0.2) is 11.4 Å². The first kappa shape index (κ1) is 28.8. The maximum Gasteiger partial charge on any atom is 0.275 e. The van der Waals surface area contributed by atoms with Crippen LogP contribution >= 0.6 is 0 Å². The van der Waals surface area contributed by atoms with Gasteiger partial charge in [0.05, 0.1) is 6.54 Å². The first-order valence-electron chi connectivity index (χ1n) is 12.9. The summed E-state index contributed by atoms with van der Waals surface area (Å²) in [5.41, 5.74) is 1.52. The Bertz CT molecular complexity index is 1340. The van der Waals surface area contributed by atoms with Gasteiger partial charge >= 0.3 is 0 Å². The molecule has 2 heterocycles. The van der Waals surface area contributed by atoms with Crippen LogP contribution in [0.5, 0.6) is 5.75 Å². The van der Waals surface area contributed by atoms with Crippen LogP contribution in [0, 0.1) is 25.6 Å². The number of halogens is 1. The van der Waals surface area contributed by atoms with E-state index in [1.54, 1.807) is 26.0 Å². The SMILES string of the molecule is C=C(CC)[C@H](/C=C1\CN(CCCO)C(=O)c2c(O)c(=O)c(C(=O)NCc3ccc(C)c(C)c3F)cn21)CC. The van der Waals surface area contributed by atoms with Gasteiger partial charge in [-0.2, -0.15) is 0 Å². The summed E-state index contributed by atoms with van der Waals surface area (Å²) in [6, 6.07) is 3.32. The van der Waals surface area contributed by atoms with Crippen LogP contribution in [0.1, 0.15) is 70.6 Å². The van der Waals surface area contributed by atoms with Crippen molar-refractivity contribution in [3.05, 3.63) is 80.5 Å². The van der Waals surface area contributed by atoms with Gasteiger partial charge in [-0.3, -0.25) is 14.4 Å². The van der Waals surface area contributed by atoms with E-state index in [-0.39, 0.29) is 49.0 Å². The van der Waals surface area contributed by atoms with Crippen LogP contribution in [0.2, 0.25) is 0 Å². The zero-order valence-corrected chi connectivity index (χ0v) is 22.4. The largest absolute Gasteiger partial charge is 0.503 e. The zero-order valence-electron chi connectivity index (χ0n) is 22.4. The van der Waals surface area contributed by atoms with Crippen molar-refractivity contribution in [2.24, 2.45) is 5.92 Å². The molecule has 0 bridgehead atoms. The summed E-state index contributed by atoms with van der Waals surface area (Å²) in [5.74, 6) is -2.66. The molecular formula is C29H36FN3O5. The molecule has 0 saturated heterocycles. The fourth-order valence-electron chi connectivity index (χ4n) is 4.53. The third-order valence-electron chi connectivity index (χ3n) is 7.15. The molecule has 0 aliphatic carbocycles. The second-order valence-electron chi connectivity index (χ2n) is 9.59. The third kappa shape index (κ3) is 5.72. The first-order chi connectivity index (χ1) is 18.0. The molecule has 0 unspecified atom stereocenters. The molecule has 9 heteroatoms. The maximum atomic E-state index is 14.6. The van der Waals surface area contributed by atoms with Crippen molar-refractivity contribution in [2.75, 3.05) is 19.7 Å². The Morgan fingerprint density at radius 3 is 2.61 bits per heavy atom. The summed E-state index contributed by atoms with van der Waals surface area (Å²) < 4.78 is 16.0. The third-order valence-corrected chi connectivity index (χ3v) is 7.15. The van der Waals surface area contributed by atoms with E-state index in [4.69, 9.17) is 0 Å². The summed E-state index contributed by atoms with van der Waals surface area (Å²) in [4.78, 5) is 40.7. The number of allylic oxidation sites excluding steroid dienone is 2. The number of rotatable bonds is 10. The predicted octanol–water partition coefficient (Wildman–Crippen LogP) is 3.91. The number of fused-ring (bicyclic) bond motifs is 1. The molecule has 0 radical (unpaired) electrons. The van der Waals surface area contributed by atoms with E-state index in [1.165, 1.54) is 15.7 Å². The second kappa shape index (κ2) is 12.2. The number of nitrogens with one attached hydrogen (secondary N) is 1. The molecule has 1 aliphatic rings. The van der Waals surface area contributed by atoms with E-state index < -0.39 is 28.8 Å². The van der Waals surface area contributed by atoms with E-state index >= 15 is 0 Å². The zero-order chi connectivity index (χ0) is 28.1. The maximum absolute atomic E-state index is 14.6. The Morgan fingerprint density at radius 2 is 1.97 bits per heavy atom.